The van der Waals surface area contributed by atoms with E-state index in [1.807, 2.05) is 20.8 Å². The average Bonchev–Trinajstić information content (AvgIpc) is 2.77. The van der Waals surface area contributed by atoms with Gasteiger partial charge in [-0.2, -0.15) is 13.4 Å². The van der Waals surface area contributed by atoms with Crippen molar-refractivity contribution in [1.29, 1.82) is 0 Å². The van der Waals surface area contributed by atoms with Gasteiger partial charge in [0.15, 0.2) is 0 Å². The summed E-state index contributed by atoms with van der Waals surface area (Å²) in [7, 11) is -3.84. The molecule has 4 N–H and O–H groups in total. The summed E-state index contributed by atoms with van der Waals surface area (Å²) in [5.41, 5.74) is 6.13. The third-order valence-electron chi connectivity index (χ3n) is 5.37. The molecule has 0 bridgehead atoms. The molecule has 1 atom stereocenters. The maximum absolute atomic E-state index is 13.0. The van der Waals surface area contributed by atoms with E-state index in [0.717, 1.165) is 6.26 Å². The number of morpholine rings is 1. The number of hydrogen-bond donors (Lipinski definition) is 3. The number of aromatic nitrogens is 2. The van der Waals surface area contributed by atoms with Crippen molar-refractivity contribution in [3.8, 4) is 5.75 Å². The van der Waals surface area contributed by atoms with Crippen LogP contribution in [0.2, 0.25) is 0 Å². The molecule has 1 aliphatic heterocycles. The topological polar surface area (TPSA) is 166 Å². The normalized spacial score (nSPS) is 14.9. The highest BCUT2D eigenvalue weighted by Crippen LogP contribution is 2.26. The predicted octanol–water partition coefficient (Wildman–Crippen LogP) is 1.59. The summed E-state index contributed by atoms with van der Waals surface area (Å²) < 4.78 is 33.8. The van der Waals surface area contributed by atoms with Crippen molar-refractivity contribution in [2.75, 3.05) is 43.2 Å². The molecular weight excluding hydrogens is 476 g/mol. The first kappa shape index (κ1) is 26.2. The highest BCUT2D eigenvalue weighted by atomic mass is 32.2. The number of carbonyl (C=O) groups is 2. The largest absolute Gasteiger partial charge is 0.383 e. The van der Waals surface area contributed by atoms with Crippen molar-refractivity contribution in [2.45, 2.75) is 26.8 Å². The number of nitrogens with zero attached hydrogens (tertiary/aromatic N) is 3. The lowest BCUT2D eigenvalue weighted by molar-refractivity contribution is 0.0303. The Labute approximate surface area is 204 Å². The zero-order chi connectivity index (χ0) is 25.8. The van der Waals surface area contributed by atoms with Crippen molar-refractivity contribution in [2.24, 2.45) is 11.7 Å². The lowest BCUT2D eigenvalue weighted by atomic mass is 10.1. The van der Waals surface area contributed by atoms with Crippen LogP contribution in [0.25, 0.3) is 0 Å². The number of anilines is 3. The van der Waals surface area contributed by atoms with Crippen LogP contribution < -0.4 is 20.6 Å². The Morgan fingerprint density at radius 3 is 2.46 bits per heavy atom. The predicted molar refractivity (Wildman–Crippen MR) is 130 cm³/mol. The molecule has 0 radical (unpaired) electrons. The minimum absolute atomic E-state index is 0.0138. The summed E-state index contributed by atoms with van der Waals surface area (Å²) in [6.07, 6.45) is 2.21. The summed E-state index contributed by atoms with van der Waals surface area (Å²) >= 11 is 0. The lowest BCUT2D eigenvalue weighted by Crippen LogP contribution is -2.40. The molecule has 35 heavy (non-hydrogen) atoms. The molecule has 1 aliphatic rings. The Kier molecular flexibility index (Phi) is 8.12. The van der Waals surface area contributed by atoms with E-state index in [9.17, 15) is 18.0 Å². The van der Waals surface area contributed by atoms with Gasteiger partial charge in [-0.15, -0.1) is 0 Å². The van der Waals surface area contributed by atoms with Crippen LogP contribution in [0.1, 0.15) is 41.5 Å². The van der Waals surface area contributed by atoms with Crippen molar-refractivity contribution >= 4 is 39.4 Å². The standard InChI is InChI=1S/C22H30N6O6S/c1-13(2)14(3)25-20-18(19(23)29)12-24-22(27-20)26-16-9-15(10-17(11-16)34-35(4,31)32)21(30)28-5-7-33-8-6-28/h9-14H,5-8H2,1-4H3,(H2,23,29)(H2,24,25,26,27). The van der Waals surface area contributed by atoms with E-state index in [4.69, 9.17) is 14.7 Å². The van der Waals surface area contributed by atoms with Crippen molar-refractivity contribution in [3.63, 3.8) is 0 Å². The van der Waals surface area contributed by atoms with Crippen LogP contribution >= 0.6 is 0 Å². The summed E-state index contributed by atoms with van der Waals surface area (Å²) in [6, 6.07) is 4.30. The van der Waals surface area contributed by atoms with E-state index in [2.05, 4.69) is 20.6 Å². The van der Waals surface area contributed by atoms with Crippen LogP contribution in [0.5, 0.6) is 5.75 Å². The second-order valence-electron chi connectivity index (χ2n) is 8.56. The van der Waals surface area contributed by atoms with Gasteiger partial charge in [-0.3, -0.25) is 9.59 Å². The van der Waals surface area contributed by atoms with E-state index in [-0.39, 0.29) is 46.5 Å². The number of primary amides is 1. The van der Waals surface area contributed by atoms with E-state index >= 15 is 0 Å². The number of hydrogen-bond acceptors (Lipinski definition) is 10. The van der Waals surface area contributed by atoms with E-state index in [1.165, 1.54) is 18.3 Å². The number of benzene rings is 1. The monoisotopic (exact) mass is 506 g/mol. The fraction of sp³-hybridized carbons (Fsp3) is 0.455. The number of amides is 2. The van der Waals surface area contributed by atoms with E-state index in [1.54, 1.807) is 11.0 Å². The molecule has 1 saturated heterocycles. The average molecular weight is 507 g/mol. The molecule has 1 aromatic carbocycles. The fourth-order valence-corrected chi connectivity index (χ4v) is 3.66. The van der Waals surface area contributed by atoms with Crippen LogP contribution in [0.4, 0.5) is 17.5 Å². The quantitative estimate of drug-likeness (QED) is 0.425. The molecule has 0 saturated carbocycles. The Morgan fingerprint density at radius 2 is 1.86 bits per heavy atom. The van der Waals surface area contributed by atoms with Gasteiger partial charge < -0.3 is 30.2 Å². The molecule has 1 aromatic heterocycles. The van der Waals surface area contributed by atoms with Gasteiger partial charge in [0.1, 0.15) is 11.6 Å². The van der Waals surface area contributed by atoms with Gasteiger partial charge in [-0.05, 0) is 25.0 Å². The smallest absolute Gasteiger partial charge is 0.306 e. The number of nitrogens with one attached hydrogen (secondary N) is 2. The molecule has 3 rings (SSSR count). The van der Waals surface area contributed by atoms with E-state index in [0.29, 0.717) is 32.0 Å². The first-order valence-corrected chi connectivity index (χ1v) is 12.9. The van der Waals surface area contributed by atoms with Gasteiger partial charge in [0, 0.05) is 42.6 Å². The van der Waals surface area contributed by atoms with Gasteiger partial charge in [0.2, 0.25) is 5.95 Å². The van der Waals surface area contributed by atoms with Gasteiger partial charge in [-0.25, -0.2) is 4.98 Å². The molecule has 12 nitrogen and oxygen atoms in total. The Balaban J connectivity index is 1.96. The second kappa shape index (κ2) is 10.9. The fourth-order valence-electron chi connectivity index (χ4n) is 3.21. The molecule has 1 fully saturated rings. The molecule has 2 amide bonds. The number of carbonyl (C=O) groups excluding carboxylic acids is 2. The maximum atomic E-state index is 13.0. The van der Waals surface area contributed by atoms with Crippen molar-refractivity contribution in [3.05, 3.63) is 35.5 Å². The van der Waals surface area contributed by atoms with Crippen LogP contribution in [-0.2, 0) is 14.9 Å². The third-order valence-corrected chi connectivity index (χ3v) is 5.87. The molecule has 13 heteroatoms. The molecule has 0 aliphatic carbocycles. The van der Waals surface area contributed by atoms with Crippen LogP contribution in [0.3, 0.4) is 0 Å². The Hall–Kier alpha value is -3.45. The summed E-state index contributed by atoms with van der Waals surface area (Å²) in [5, 5.41) is 6.12. The molecule has 1 unspecified atom stereocenters. The van der Waals surface area contributed by atoms with Gasteiger partial charge in [-0.1, -0.05) is 13.8 Å². The molecular formula is C22H30N6O6S. The summed E-state index contributed by atoms with van der Waals surface area (Å²) in [6.45, 7) is 7.64. The van der Waals surface area contributed by atoms with Crippen LogP contribution in [-0.4, -0.2) is 73.7 Å². The van der Waals surface area contributed by atoms with Gasteiger partial charge in [0.25, 0.3) is 11.8 Å². The second-order valence-corrected chi connectivity index (χ2v) is 10.1. The zero-order valence-corrected chi connectivity index (χ0v) is 20.9. The highest BCUT2D eigenvalue weighted by molar-refractivity contribution is 7.86. The van der Waals surface area contributed by atoms with Gasteiger partial charge in [0.05, 0.1) is 25.0 Å². The van der Waals surface area contributed by atoms with Crippen LogP contribution in [0, 0.1) is 5.92 Å². The highest BCUT2D eigenvalue weighted by Gasteiger charge is 2.21. The third kappa shape index (κ3) is 7.26. The first-order chi connectivity index (χ1) is 16.4. The van der Waals surface area contributed by atoms with Crippen molar-refractivity contribution < 1.29 is 26.9 Å². The number of nitrogens with two attached hydrogens (primary N) is 1. The molecule has 0 spiro atoms. The molecule has 2 heterocycles. The SMILES string of the molecule is CC(C)C(C)Nc1nc(Nc2cc(OS(C)(=O)=O)cc(C(=O)N3CCOCC3)c2)ncc1C(N)=O. The molecule has 2 aromatic rings. The zero-order valence-electron chi connectivity index (χ0n) is 20.1. The maximum Gasteiger partial charge on any atom is 0.306 e. The van der Waals surface area contributed by atoms with Crippen molar-refractivity contribution in [1.82, 2.24) is 14.9 Å². The minimum atomic E-state index is -3.84. The molecule has 190 valence electrons. The summed E-state index contributed by atoms with van der Waals surface area (Å²) in [5.74, 6) is -0.417. The number of rotatable bonds is 9. The van der Waals surface area contributed by atoms with Gasteiger partial charge >= 0.3 is 10.1 Å². The Morgan fingerprint density at radius 1 is 1.17 bits per heavy atom. The lowest BCUT2D eigenvalue weighted by Gasteiger charge is -2.27. The first-order valence-electron chi connectivity index (χ1n) is 11.0. The van der Waals surface area contributed by atoms with E-state index < -0.39 is 16.0 Å². The summed E-state index contributed by atoms with van der Waals surface area (Å²) in [4.78, 5) is 35.0. The Bertz CT molecular complexity index is 1200. The van der Waals surface area contributed by atoms with Crippen LogP contribution in [0.15, 0.2) is 24.4 Å². The number of ether oxygens (including phenoxy) is 1. The minimum Gasteiger partial charge on any atom is -0.383 e.